The number of nitrogens with one attached hydrogen (secondary N) is 1. The van der Waals surface area contributed by atoms with Crippen LogP contribution in [0.25, 0.3) is 0 Å². The third-order valence-corrected chi connectivity index (χ3v) is 3.67. The number of hydrogen-bond acceptors (Lipinski definition) is 2. The summed E-state index contributed by atoms with van der Waals surface area (Å²) in [4.78, 5) is 11.8. The van der Waals surface area contributed by atoms with E-state index < -0.39 is 11.4 Å². The van der Waals surface area contributed by atoms with Gasteiger partial charge >= 0.3 is 0 Å². The Kier molecular flexibility index (Phi) is 3.66. The van der Waals surface area contributed by atoms with Crippen LogP contribution in [0.5, 0.6) is 0 Å². The van der Waals surface area contributed by atoms with E-state index in [4.69, 9.17) is 5.73 Å². The van der Waals surface area contributed by atoms with Crippen molar-refractivity contribution < 1.29 is 9.18 Å². The van der Waals surface area contributed by atoms with Crippen LogP contribution in [0.3, 0.4) is 0 Å². The van der Waals surface area contributed by atoms with Crippen molar-refractivity contribution in [2.75, 3.05) is 6.54 Å². The molecular weight excluding hydrogens is 231 g/mol. The molecule has 1 aromatic carbocycles. The molecule has 0 spiro atoms. The second kappa shape index (κ2) is 5.06. The largest absolute Gasteiger partial charge is 0.368 e. The van der Waals surface area contributed by atoms with E-state index >= 15 is 0 Å². The van der Waals surface area contributed by atoms with Crippen LogP contribution in [-0.2, 0) is 10.3 Å². The molecule has 1 aromatic rings. The normalized spacial score (nSPS) is 18.3. The molecular formula is C14H19FN2O. The summed E-state index contributed by atoms with van der Waals surface area (Å²) in [6, 6.07) is 6.33. The highest BCUT2D eigenvalue weighted by molar-refractivity contribution is 5.86. The minimum Gasteiger partial charge on any atom is -0.368 e. The van der Waals surface area contributed by atoms with Gasteiger partial charge in [-0.2, -0.15) is 0 Å². The molecule has 0 aliphatic heterocycles. The molecule has 0 heterocycles. The van der Waals surface area contributed by atoms with Gasteiger partial charge in [-0.05, 0) is 37.8 Å². The fourth-order valence-corrected chi connectivity index (χ4v) is 2.25. The Morgan fingerprint density at radius 2 is 2.17 bits per heavy atom. The van der Waals surface area contributed by atoms with Gasteiger partial charge in [0.2, 0.25) is 5.91 Å². The zero-order valence-electron chi connectivity index (χ0n) is 10.6. The molecule has 3 nitrogen and oxygen atoms in total. The number of rotatable bonds is 6. The lowest BCUT2D eigenvalue weighted by molar-refractivity contribution is -0.125. The van der Waals surface area contributed by atoms with E-state index in [-0.39, 0.29) is 5.82 Å². The van der Waals surface area contributed by atoms with Gasteiger partial charge in [0.1, 0.15) is 11.4 Å². The molecule has 1 amide bonds. The summed E-state index contributed by atoms with van der Waals surface area (Å²) >= 11 is 0. The maximum Gasteiger partial charge on any atom is 0.242 e. The molecule has 0 bridgehead atoms. The third kappa shape index (κ3) is 2.38. The lowest BCUT2D eigenvalue weighted by atomic mass is 9.85. The molecule has 1 unspecified atom stereocenters. The molecule has 0 saturated heterocycles. The molecule has 2 rings (SSSR count). The minimum absolute atomic E-state index is 0.348. The van der Waals surface area contributed by atoms with Crippen LogP contribution in [0, 0.1) is 11.7 Å². The van der Waals surface area contributed by atoms with E-state index in [1.54, 1.807) is 18.2 Å². The first-order chi connectivity index (χ1) is 8.60. The predicted octanol–water partition coefficient (Wildman–Crippen LogP) is 1.92. The lowest BCUT2D eigenvalue weighted by Crippen LogP contribution is -2.53. The summed E-state index contributed by atoms with van der Waals surface area (Å²) in [7, 11) is 0. The highest BCUT2D eigenvalue weighted by Crippen LogP contribution is 2.32. The first-order valence-electron chi connectivity index (χ1n) is 6.40. The van der Waals surface area contributed by atoms with Crippen LogP contribution in [0.4, 0.5) is 4.39 Å². The van der Waals surface area contributed by atoms with E-state index in [9.17, 15) is 9.18 Å². The van der Waals surface area contributed by atoms with Crippen molar-refractivity contribution in [3.05, 3.63) is 35.6 Å². The molecule has 98 valence electrons. The number of nitrogens with two attached hydrogens (primary N) is 1. The molecule has 1 atom stereocenters. The summed E-state index contributed by atoms with van der Waals surface area (Å²) in [6.07, 6.45) is 2.78. The van der Waals surface area contributed by atoms with E-state index in [0.29, 0.717) is 24.4 Å². The Labute approximate surface area is 107 Å². The van der Waals surface area contributed by atoms with Crippen LogP contribution < -0.4 is 11.1 Å². The van der Waals surface area contributed by atoms with Gasteiger partial charge in [0.25, 0.3) is 0 Å². The monoisotopic (exact) mass is 250 g/mol. The SMILES string of the molecule is CCC(NCC1CC1)(C(N)=O)c1ccccc1F. The van der Waals surface area contributed by atoms with Crippen LogP contribution in [0.15, 0.2) is 24.3 Å². The Bertz CT molecular complexity index is 445. The molecule has 1 saturated carbocycles. The van der Waals surface area contributed by atoms with Crippen molar-refractivity contribution in [2.24, 2.45) is 11.7 Å². The zero-order chi connectivity index (χ0) is 13.2. The maximum atomic E-state index is 13.9. The quantitative estimate of drug-likeness (QED) is 0.810. The second-order valence-electron chi connectivity index (χ2n) is 4.93. The molecule has 1 aliphatic carbocycles. The van der Waals surface area contributed by atoms with Gasteiger partial charge < -0.3 is 5.73 Å². The van der Waals surface area contributed by atoms with Crippen molar-refractivity contribution in [3.63, 3.8) is 0 Å². The van der Waals surface area contributed by atoms with Crippen molar-refractivity contribution in [3.8, 4) is 0 Å². The maximum absolute atomic E-state index is 13.9. The topological polar surface area (TPSA) is 55.1 Å². The summed E-state index contributed by atoms with van der Waals surface area (Å²) < 4.78 is 13.9. The Morgan fingerprint density at radius 1 is 1.50 bits per heavy atom. The highest BCUT2D eigenvalue weighted by Gasteiger charge is 2.39. The number of hydrogen-bond donors (Lipinski definition) is 2. The number of carbonyl (C=O) groups is 1. The number of halogens is 1. The van der Waals surface area contributed by atoms with E-state index in [1.165, 1.54) is 18.9 Å². The predicted molar refractivity (Wildman–Crippen MR) is 68.3 cm³/mol. The molecule has 1 fully saturated rings. The summed E-state index contributed by atoms with van der Waals surface area (Å²) in [5.74, 6) is -0.306. The van der Waals surface area contributed by atoms with Gasteiger partial charge in [-0.25, -0.2) is 4.39 Å². The van der Waals surface area contributed by atoms with Gasteiger partial charge in [0.15, 0.2) is 0 Å². The van der Waals surface area contributed by atoms with E-state index in [1.807, 2.05) is 6.92 Å². The molecule has 0 aromatic heterocycles. The van der Waals surface area contributed by atoms with E-state index in [0.717, 1.165) is 0 Å². The summed E-state index contributed by atoms with van der Waals surface area (Å²) in [6.45, 7) is 2.56. The summed E-state index contributed by atoms with van der Waals surface area (Å²) in [5, 5.41) is 3.19. The first kappa shape index (κ1) is 13.0. The van der Waals surface area contributed by atoms with Crippen molar-refractivity contribution in [1.82, 2.24) is 5.32 Å². The smallest absolute Gasteiger partial charge is 0.242 e. The minimum atomic E-state index is -1.09. The van der Waals surface area contributed by atoms with Gasteiger partial charge in [0.05, 0.1) is 0 Å². The van der Waals surface area contributed by atoms with Gasteiger partial charge in [-0.1, -0.05) is 25.1 Å². The van der Waals surface area contributed by atoms with Crippen LogP contribution >= 0.6 is 0 Å². The number of amides is 1. The molecule has 18 heavy (non-hydrogen) atoms. The molecule has 0 radical (unpaired) electrons. The van der Waals surface area contributed by atoms with Gasteiger partial charge in [-0.3, -0.25) is 10.1 Å². The number of benzene rings is 1. The third-order valence-electron chi connectivity index (χ3n) is 3.67. The lowest BCUT2D eigenvalue weighted by Gasteiger charge is -2.31. The molecule has 4 heteroatoms. The summed E-state index contributed by atoms with van der Waals surface area (Å²) in [5.41, 5.74) is 4.78. The zero-order valence-corrected chi connectivity index (χ0v) is 10.6. The van der Waals surface area contributed by atoms with Gasteiger partial charge in [0, 0.05) is 5.56 Å². The average Bonchev–Trinajstić information content (AvgIpc) is 3.16. The van der Waals surface area contributed by atoms with Gasteiger partial charge in [-0.15, -0.1) is 0 Å². The van der Waals surface area contributed by atoms with Crippen LogP contribution in [0.2, 0.25) is 0 Å². The molecule has 1 aliphatic rings. The Balaban J connectivity index is 2.32. The van der Waals surface area contributed by atoms with Crippen LogP contribution in [0.1, 0.15) is 31.7 Å². The average molecular weight is 250 g/mol. The van der Waals surface area contributed by atoms with Crippen LogP contribution in [-0.4, -0.2) is 12.5 Å². The second-order valence-corrected chi connectivity index (χ2v) is 4.93. The first-order valence-corrected chi connectivity index (χ1v) is 6.40. The number of carbonyl (C=O) groups excluding carboxylic acids is 1. The standard InChI is InChI=1S/C14H19FN2O/c1-2-14(13(16)18,17-9-10-7-8-10)11-5-3-4-6-12(11)15/h3-6,10,17H,2,7-9H2,1H3,(H2,16,18). The Hall–Kier alpha value is -1.42. The Morgan fingerprint density at radius 3 is 2.67 bits per heavy atom. The molecule has 3 N–H and O–H groups in total. The van der Waals surface area contributed by atoms with Crippen molar-refractivity contribution in [1.29, 1.82) is 0 Å². The van der Waals surface area contributed by atoms with Crippen molar-refractivity contribution in [2.45, 2.75) is 31.7 Å². The fraction of sp³-hybridized carbons (Fsp3) is 0.500. The van der Waals surface area contributed by atoms with E-state index in [2.05, 4.69) is 5.32 Å². The van der Waals surface area contributed by atoms with Crippen molar-refractivity contribution >= 4 is 5.91 Å². The number of primary amides is 1. The highest BCUT2D eigenvalue weighted by atomic mass is 19.1. The fourth-order valence-electron chi connectivity index (χ4n) is 2.25.